The van der Waals surface area contributed by atoms with E-state index in [1.165, 1.54) is 31.9 Å². The summed E-state index contributed by atoms with van der Waals surface area (Å²) in [5.74, 6) is 2.07. The lowest BCUT2D eigenvalue weighted by molar-refractivity contribution is 0.125. The van der Waals surface area contributed by atoms with Crippen LogP contribution in [0.3, 0.4) is 0 Å². The van der Waals surface area contributed by atoms with Gasteiger partial charge in [-0.2, -0.15) is 0 Å². The number of methoxy groups -OCH3 is 2. The molecule has 2 heterocycles. The van der Waals surface area contributed by atoms with Crippen molar-refractivity contribution in [3.05, 3.63) is 40.1 Å². The quantitative estimate of drug-likeness (QED) is 0.249. The molecule has 3 rings (SSSR count). The standard InChI is InChI=1S/C23H34N4O3S.HI/c1-5-24-23(25-14-16-12-18(29-3)22(28)19(13-16)30-4)26-15-17-8-6-10-27(2)21(17)20-9-7-11-31-20;/h7,9,11-13,17,21,28H,5-6,8,10,14-15H2,1-4H3,(H2,24,25,26);1H. The molecule has 3 N–H and O–H groups in total. The molecule has 178 valence electrons. The lowest BCUT2D eigenvalue weighted by atomic mass is 9.88. The second-order valence-electron chi connectivity index (χ2n) is 7.77. The van der Waals surface area contributed by atoms with Crippen LogP contribution in [0.4, 0.5) is 0 Å². The molecule has 1 aliphatic heterocycles. The van der Waals surface area contributed by atoms with E-state index in [2.05, 4.69) is 47.0 Å². The van der Waals surface area contributed by atoms with Crippen molar-refractivity contribution in [2.45, 2.75) is 32.4 Å². The van der Waals surface area contributed by atoms with Gasteiger partial charge in [-0.1, -0.05) is 6.07 Å². The molecular formula is C23H35IN4O3S. The van der Waals surface area contributed by atoms with E-state index < -0.39 is 0 Å². The summed E-state index contributed by atoms with van der Waals surface area (Å²) in [5.41, 5.74) is 0.901. The van der Waals surface area contributed by atoms with E-state index in [1.54, 1.807) is 12.1 Å². The molecule has 0 spiro atoms. The third-order valence-electron chi connectivity index (χ3n) is 5.68. The van der Waals surface area contributed by atoms with Crippen LogP contribution < -0.4 is 20.1 Å². The molecule has 9 heteroatoms. The van der Waals surface area contributed by atoms with Gasteiger partial charge in [0.15, 0.2) is 17.5 Å². The van der Waals surface area contributed by atoms with Gasteiger partial charge in [-0.25, -0.2) is 4.99 Å². The van der Waals surface area contributed by atoms with Crippen molar-refractivity contribution in [2.24, 2.45) is 10.9 Å². The van der Waals surface area contributed by atoms with Crippen molar-refractivity contribution < 1.29 is 14.6 Å². The zero-order valence-corrected chi connectivity index (χ0v) is 22.4. The van der Waals surface area contributed by atoms with Crippen LogP contribution in [0, 0.1) is 5.92 Å². The highest BCUT2D eigenvalue weighted by molar-refractivity contribution is 14.0. The van der Waals surface area contributed by atoms with Crippen molar-refractivity contribution in [1.82, 2.24) is 15.5 Å². The van der Waals surface area contributed by atoms with Crippen LogP contribution in [0.5, 0.6) is 17.2 Å². The third kappa shape index (κ3) is 6.64. The first-order valence-electron chi connectivity index (χ1n) is 10.8. The number of phenolic OH excluding ortho intramolecular Hbond substituents is 1. The topological polar surface area (TPSA) is 78.4 Å². The maximum absolute atomic E-state index is 10.1. The van der Waals surface area contributed by atoms with Gasteiger partial charge in [0.25, 0.3) is 0 Å². The number of guanidine groups is 1. The SMILES string of the molecule is CCNC(=NCc1cc(OC)c(O)c(OC)c1)NCC1CCCN(C)C1c1cccs1.I. The lowest BCUT2D eigenvalue weighted by Gasteiger charge is -2.39. The number of thiophene rings is 1. The van der Waals surface area contributed by atoms with E-state index in [9.17, 15) is 5.11 Å². The molecule has 0 amide bonds. The third-order valence-corrected chi connectivity index (χ3v) is 6.62. The van der Waals surface area contributed by atoms with Crippen LogP contribution in [-0.2, 0) is 6.54 Å². The van der Waals surface area contributed by atoms with Crippen molar-refractivity contribution in [2.75, 3.05) is 40.9 Å². The average molecular weight is 575 g/mol. The number of halogens is 1. The number of piperidine rings is 1. The minimum absolute atomic E-state index is 0. The first-order valence-corrected chi connectivity index (χ1v) is 11.6. The Morgan fingerprint density at radius 3 is 2.56 bits per heavy atom. The fourth-order valence-corrected chi connectivity index (χ4v) is 5.14. The predicted octanol–water partition coefficient (Wildman–Crippen LogP) is 4.23. The van der Waals surface area contributed by atoms with Gasteiger partial charge in [-0.05, 0) is 68.4 Å². The summed E-state index contributed by atoms with van der Waals surface area (Å²) in [4.78, 5) is 8.65. The second-order valence-corrected chi connectivity index (χ2v) is 8.75. The zero-order valence-electron chi connectivity index (χ0n) is 19.3. The molecular weight excluding hydrogens is 539 g/mol. The molecule has 2 atom stereocenters. The van der Waals surface area contributed by atoms with Gasteiger partial charge in [0.1, 0.15) is 0 Å². The Morgan fingerprint density at radius 2 is 1.97 bits per heavy atom. The van der Waals surface area contributed by atoms with Crippen molar-refractivity contribution in [1.29, 1.82) is 0 Å². The van der Waals surface area contributed by atoms with Gasteiger partial charge in [-0.3, -0.25) is 4.90 Å². The predicted molar refractivity (Wildman–Crippen MR) is 142 cm³/mol. The maximum Gasteiger partial charge on any atom is 0.200 e. The number of nitrogens with one attached hydrogen (secondary N) is 2. The van der Waals surface area contributed by atoms with Crippen LogP contribution in [0.15, 0.2) is 34.6 Å². The number of hydrogen-bond donors (Lipinski definition) is 3. The van der Waals surface area contributed by atoms with Crippen molar-refractivity contribution in [3.8, 4) is 17.2 Å². The highest BCUT2D eigenvalue weighted by Gasteiger charge is 2.31. The van der Waals surface area contributed by atoms with Crippen molar-refractivity contribution >= 4 is 41.3 Å². The van der Waals surface area contributed by atoms with Gasteiger partial charge < -0.3 is 25.2 Å². The molecule has 0 bridgehead atoms. The molecule has 0 radical (unpaired) electrons. The van der Waals surface area contributed by atoms with Gasteiger partial charge in [0.05, 0.1) is 20.8 Å². The fourth-order valence-electron chi connectivity index (χ4n) is 4.16. The van der Waals surface area contributed by atoms with Crippen LogP contribution in [0.25, 0.3) is 0 Å². The maximum atomic E-state index is 10.1. The normalized spacial score (nSPS) is 19.2. The Balaban J connectivity index is 0.00000363. The summed E-state index contributed by atoms with van der Waals surface area (Å²) >= 11 is 1.84. The minimum atomic E-state index is 0. The molecule has 1 aliphatic rings. The Hall–Kier alpha value is -1.72. The summed E-state index contributed by atoms with van der Waals surface area (Å²) in [6.45, 7) is 5.29. The molecule has 1 saturated heterocycles. The summed E-state index contributed by atoms with van der Waals surface area (Å²) in [5, 5.41) is 19.2. The number of rotatable bonds is 8. The number of hydrogen-bond acceptors (Lipinski definition) is 6. The van der Waals surface area contributed by atoms with Crippen LogP contribution in [0.2, 0.25) is 0 Å². The van der Waals surface area contributed by atoms with Crippen LogP contribution in [0.1, 0.15) is 36.2 Å². The molecule has 1 aromatic carbocycles. The Bertz CT molecular complexity index is 838. The van der Waals surface area contributed by atoms with Gasteiger partial charge >= 0.3 is 0 Å². The number of aliphatic imine (C=N–C) groups is 1. The number of likely N-dealkylation sites (tertiary alicyclic amines) is 1. The van der Waals surface area contributed by atoms with Gasteiger partial charge in [0.2, 0.25) is 5.75 Å². The van der Waals surface area contributed by atoms with E-state index in [0.717, 1.165) is 31.2 Å². The number of nitrogens with zero attached hydrogens (tertiary/aromatic N) is 2. The lowest BCUT2D eigenvalue weighted by Crippen LogP contribution is -2.44. The highest BCUT2D eigenvalue weighted by Crippen LogP contribution is 2.38. The molecule has 1 fully saturated rings. The molecule has 2 unspecified atom stereocenters. The first kappa shape index (κ1) is 26.5. The van der Waals surface area contributed by atoms with E-state index in [1.807, 2.05) is 11.3 Å². The fraction of sp³-hybridized carbons (Fsp3) is 0.522. The smallest absolute Gasteiger partial charge is 0.200 e. The Labute approximate surface area is 212 Å². The Kier molecular flexibility index (Phi) is 10.9. The molecule has 0 aliphatic carbocycles. The van der Waals surface area contributed by atoms with E-state index >= 15 is 0 Å². The number of ether oxygens (including phenoxy) is 2. The molecule has 1 aromatic heterocycles. The van der Waals surface area contributed by atoms with Crippen LogP contribution >= 0.6 is 35.3 Å². The number of benzene rings is 1. The number of phenols is 1. The minimum Gasteiger partial charge on any atom is -0.502 e. The van der Waals surface area contributed by atoms with Crippen molar-refractivity contribution in [3.63, 3.8) is 0 Å². The van der Waals surface area contributed by atoms with Gasteiger partial charge in [0, 0.05) is 24.0 Å². The molecule has 7 nitrogen and oxygen atoms in total. The summed E-state index contributed by atoms with van der Waals surface area (Å²) in [6.07, 6.45) is 2.41. The zero-order chi connectivity index (χ0) is 22.2. The molecule has 32 heavy (non-hydrogen) atoms. The van der Waals surface area contributed by atoms with E-state index in [0.29, 0.717) is 30.0 Å². The monoisotopic (exact) mass is 574 g/mol. The molecule has 2 aromatic rings. The van der Waals surface area contributed by atoms with E-state index in [-0.39, 0.29) is 29.7 Å². The van der Waals surface area contributed by atoms with Gasteiger partial charge in [-0.15, -0.1) is 35.3 Å². The summed E-state index contributed by atoms with van der Waals surface area (Å²) in [7, 11) is 5.28. The van der Waals surface area contributed by atoms with E-state index in [4.69, 9.17) is 14.5 Å². The largest absolute Gasteiger partial charge is 0.502 e. The first-order chi connectivity index (χ1) is 15.1. The van der Waals surface area contributed by atoms with Crippen LogP contribution in [-0.4, -0.2) is 56.9 Å². The Morgan fingerprint density at radius 1 is 1.25 bits per heavy atom. The molecule has 0 saturated carbocycles. The average Bonchev–Trinajstić information content (AvgIpc) is 3.30. The number of aromatic hydroxyl groups is 1. The second kappa shape index (κ2) is 13.1. The summed E-state index contributed by atoms with van der Waals surface area (Å²) in [6, 6.07) is 8.39. The highest BCUT2D eigenvalue weighted by atomic mass is 127. The summed E-state index contributed by atoms with van der Waals surface area (Å²) < 4.78 is 10.5.